The van der Waals surface area contributed by atoms with E-state index in [1.807, 2.05) is 0 Å². The predicted molar refractivity (Wildman–Crippen MR) is 94.2 cm³/mol. The van der Waals surface area contributed by atoms with Crippen LogP contribution in [0.5, 0.6) is 0 Å². The minimum atomic E-state index is -0.549. The van der Waals surface area contributed by atoms with E-state index in [0.29, 0.717) is 0 Å². The zero-order chi connectivity index (χ0) is 18.7. The molecule has 1 amide bonds. The lowest BCUT2D eigenvalue weighted by atomic mass is 10.2. The van der Waals surface area contributed by atoms with E-state index in [0.717, 1.165) is 32.4 Å². The van der Waals surface area contributed by atoms with Crippen LogP contribution in [0.1, 0.15) is 26.2 Å². The second-order valence-corrected chi connectivity index (χ2v) is 6.75. The molecule has 1 saturated heterocycles. The van der Waals surface area contributed by atoms with Crippen molar-refractivity contribution >= 4 is 23.5 Å². The summed E-state index contributed by atoms with van der Waals surface area (Å²) >= 11 is 5.70. The first-order chi connectivity index (χ1) is 12.4. The van der Waals surface area contributed by atoms with E-state index in [-0.39, 0.29) is 34.5 Å². The fraction of sp³-hybridized carbons (Fsp3) is 0.471. The van der Waals surface area contributed by atoms with Crippen molar-refractivity contribution in [3.05, 3.63) is 29.0 Å². The number of halogens is 2. The Bertz CT molecular complexity index is 777. The van der Waals surface area contributed by atoms with Crippen LogP contribution in [-0.2, 0) is 4.79 Å². The van der Waals surface area contributed by atoms with Gasteiger partial charge in [0.1, 0.15) is 11.9 Å². The molecule has 0 spiro atoms. The number of rotatable bonds is 4. The van der Waals surface area contributed by atoms with Crippen LogP contribution in [0.3, 0.4) is 0 Å². The lowest BCUT2D eigenvalue weighted by Gasteiger charge is -2.33. The van der Waals surface area contributed by atoms with Gasteiger partial charge in [-0.05, 0) is 44.4 Å². The molecule has 0 bridgehead atoms. The molecule has 2 aliphatic rings. The highest BCUT2D eigenvalue weighted by Gasteiger charge is 2.26. The van der Waals surface area contributed by atoms with E-state index in [1.54, 1.807) is 11.8 Å². The van der Waals surface area contributed by atoms with Gasteiger partial charge in [0.05, 0.1) is 11.7 Å². The molecule has 0 radical (unpaired) electrons. The fourth-order valence-corrected chi connectivity index (χ4v) is 2.34. The van der Waals surface area contributed by atoms with E-state index in [4.69, 9.17) is 21.1 Å². The highest BCUT2D eigenvalue weighted by atomic mass is 35.5. The van der Waals surface area contributed by atoms with Gasteiger partial charge < -0.3 is 19.7 Å². The van der Waals surface area contributed by atoms with Crippen LogP contribution in [0.25, 0.3) is 11.5 Å². The molecule has 1 aromatic heterocycles. The molecule has 1 aliphatic heterocycles. The summed E-state index contributed by atoms with van der Waals surface area (Å²) in [6.07, 6.45) is 3.19. The van der Waals surface area contributed by atoms with Gasteiger partial charge in [-0.2, -0.15) is 0 Å². The van der Waals surface area contributed by atoms with Gasteiger partial charge in [-0.15, -0.1) is 5.10 Å². The van der Waals surface area contributed by atoms with Gasteiger partial charge in [-0.3, -0.25) is 4.79 Å². The normalized spacial score (nSPS) is 17.0. The van der Waals surface area contributed by atoms with Crippen molar-refractivity contribution in [2.24, 2.45) is 0 Å². The maximum atomic E-state index is 13.8. The Balaban J connectivity index is 0.000000433. The number of carbonyl (C=O) groups is 1. The first kappa shape index (κ1) is 18.6. The third kappa shape index (κ3) is 4.70. The number of amides is 1. The molecule has 140 valence electrons. The second-order valence-electron chi connectivity index (χ2n) is 6.31. The maximum absolute atomic E-state index is 13.8. The predicted octanol–water partition coefficient (Wildman–Crippen LogP) is 2.70. The van der Waals surface area contributed by atoms with Crippen LogP contribution < -0.4 is 5.32 Å². The van der Waals surface area contributed by atoms with Crippen molar-refractivity contribution in [1.82, 2.24) is 15.1 Å². The molecule has 0 unspecified atom stereocenters. The Labute approximate surface area is 155 Å². The molecular formula is C17H20ClFN4O3. The first-order valence-electron chi connectivity index (χ1n) is 8.46. The number of hydrogen-bond acceptors (Lipinski definition) is 6. The number of anilines is 1. The molecule has 9 heteroatoms. The lowest BCUT2D eigenvalue weighted by molar-refractivity contribution is -0.135. The summed E-state index contributed by atoms with van der Waals surface area (Å²) in [7, 11) is 0. The lowest BCUT2D eigenvalue weighted by Crippen LogP contribution is -2.48. The topological polar surface area (TPSA) is 91.5 Å². The van der Waals surface area contributed by atoms with E-state index >= 15 is 0 Å². The average molecular weight is 383 g/mol. The molecule has 26 heavy (non-hydrogen) atoms. The van der Waals surface area contributed by atoms with E-state index in [1.165, 1.54) is 18.2 Å². The summed E-state index contributed by atoms with van der Waals surface area (Å²) in [5.41, 5.74) is 0.159. The molecule has 1 aromatic carbocycles. The molecule has 1 atom stereocenters. The van der Waals surface area contributed by atoms with Crippen molar-refractivity contribution in [3.8, 4) is 11.5 Å². The fourth-order valence-electron chi connectivity index (χ4n) is 2.19. The Morgan fingerprint density at radius 1 is 1.42 bits per heavy atom. The van der Waals surface area contributed by atoms with Crippen molar-refractivity contribution < 1.29 is 18.7 Å². The number of likely N-dealkylation sites (tertiary alicyclic amines) is 1. The summed E-state index contributed by atoms with van der Waals surface area (Å²) < 4.78 is 19.2. The molecule has 4 rings (SSSR count). The molecule has 2 N–H and O–H groups in total. The van der Waals surface area contributed by atoms with Crippen LogP contribution in [-0.4, -0.2) is 51.3 Å². The SMILES string of the molecule is C[C@@H](Nc1nnc(-c2ccc(Cl)cc2F)o1)C(=O)N1CCC1.OC1CC1. The first-order valence-corrected chi connectivity index (χ1v) is 8.84. The van der Waals surface area contributed by atoms with E-state index < -0.39 is 11.9 Å². The molecular weight excluding hydrogens is 363 g/mol. The summed E-state index contributed by atoms with van der Waals surface area (Å²) in [5, 5.41) is 18.8. The third-order valence-corrected chi connectivity index (χ3v) is 4.25. The second kappa shape index (κ2) is 8.01. The number of carbonyl (C=O) groups excluding carboxylic acids is 1. The van der Waals surface area contributed by atoms with Crippen LogP contribution in [0, 0.1) is 5.82 Å². The van der Waals surface area contributed by atoms with Gasteiger partial charge in [0.15, 0.2) is 0 Å². The van der Waals surface area contributed by atoms with Crippen LogP contribution in [0.2, 0.25) is 5.02 Å². The molecule has 1 aliphatic carbocycles. The van der Waals surface area contributed by atoms with Crippen molar-refractivity contribution in [2.45, 2.75) is 38.3 Å². The Kier molecular flexibility index (Phi) is 5.73. The summed E-state index contributed by atoms with van der Waals surface area (Å²) in [4.78, 5) is 13.7. The molecule has 7 nitrogen and oxygen atoms in total. The molecule has 1 saturated carbocycles. The van der Waals surface area contributed by atoms with Gasteiger partial charge >= 0.3 is 6.01 Å². The van der Waals surface area contributed by atoms with Crippen molar-refractivity contribution in [2.75, 3.05) is 18.4 Å². The zero-order valence-electron chi connectivity index (χ0n) is 14.3. The number of nitrogens with one attached hydrogen (secondary N) is 1. The Hall–Kier alpha value is -2.19. The van der Waals surface area contributed by atoms with Gasteiger partial charge in [0.2, 0.25) is 5.91 Å². The largest absolute Gasteiger partial charge is 0.403 e. The summed E-state index contributed by atoms with van der Waals surface area (Å²) in [6, 6.07) is 3.76. The number of benzene rings is 1. The van der Waals surface area contributed by atoms with Crippen molar-refractivity contribution in [1.29, 1.82) is 0 Å². The number of nitrogens with zero attached hydrogens (tertiary/aromatic N) is 3. The van der Waals surface area contributed by atoms with E-state index in [2.05, 4.69) is 15.5 Å². The van der Waals surface area contributed by atoms with Gasteiger partial charge in [-0.25, -0.2) is 4.39 Å². The smallest absolute Gasteiger partial charge is 0.316 e. The number of aromatic nitrogens is 2. The minimum Gasteiger partial charge on any atom is -0.403 e. The third-order valence-electron chi connectivity index (χ3n) is 4.01. The Morgan fingerprint density at radius 3 is 2.65 bits per heavy atom. The average Bonchev–Trinajstić information content (AvgIpc) is 3.18. The highest BCUT2D eigenvalue weighted by Crippen LogP contribution is 2.25. The summed E-state index contributed by atoms with van der Waals surface area (Å²) in [5.74, 6) is -0.545. The minimum absolute atomic E-state index is 0.0244. The van der Waals surface area contributed by atoms with Crippen LogP contribution in [0.4, 0.5) is 10.4 Å². The quantitative estimate of drug-likeness (QED) is 0.844. The van der Waals surface area contributed by atoms with Gasteiger partial charge in [0, 0.05) is 18.1 Å². The molecule has 2 fully saturated rings. The van der Waals surface area contributed by atoms with Crippen molar-refractivity contribution in [3.63, 3.8) is 0 Å². The van der Waals surface area contributed by atoms with Gasteiger partial charge in [-0.1, -0.05) is 16.7 Å². The Morgan fingerprint density at radius 2 is 2.12 bits per heavy atom. The standard InChI is InChI=1S/C14H14ClFN4O2.C3H6O/c1-8(13(21)20-5-2-6-20)17-14-19-18-12(22-14)10-4-3-9(15)7-11(10)16;4-3-1-2-3/h3-4,7-8H,2,5-6H2,1H3,(H,17,19);3-4H,1-2H2/t8-;/m1./s1. The van der Waals surface area contributed by atoms with Crippen LogP contribution >= 0.6 is 11.6 Å². The molecule has 2 heterocycles. The van der Waals surface area contributed by atoms with Gasteiger partial charge in [0.25, 0.3) is 5.89 Å². The highest BCUT2D eigenvalue weighted by molar-refractivity contribution is 6.30. The monoisotopic (exact) mass is 382 g/mol. The van der Waals surface area contributed by atoms with E-state index in [9.17, 15) is 9.18 Å². The number of aliphatic hydroxyl groups excluding tert-OH is 1. The zero-order valence-corrected chi connectivity index (χ0v) is 15.0. The maximum Gasteiger partial charge on any atom is 0.316 e. The van der Waals surface area contributed by atoms with Crippen LogP contribution in [0.15, 0.2) is 22.6 Å². The summed E-state index contributed by atoms with van der Waals surface area (Å²) in [6.45, 7) is 3.26. The number of hydrogen-bond donors (Lipinski definition) is 2. The molecule has 2 aromatic rings. The number of aliphatic hydroxyl groups is 1.